The molecule has 1 saturated carbocycles. The molecule has 1 amide bonds. The minimum Gasteiger partial charge on any atom is -0.430 e. The standard InChI is InChI=1S/C24H28N2O4/c1-16(2)19-14-13-17(3)15-22(19)30-24(28)29-21-12-8-7-11-20(21)23(27)26-25-18-9-5-4-6-10-18/h4-12,16-17,19,22H,13-15H2,1-3H3. The number of para-hydroxylation sites is 1. The summed E-state index contributed by atoms with van der Waals surface area (Å²) in [6, 6.07) is 15.4. The summed E-state index contributed by atoms with van der Waals surface area (Å²) in [5.41, 5.74) is 0.723. The molecule has 0 saturated heterocycles. The Hall–Kier alpha value is -3.02. The molecule has 3 unspecified atom stereocenters. The van der Waals surface area contributed by atoms with E-state index in [-0.39, 0.29) is 17.4 Å². The van der Waals surface area contributed by atoms with E-state index in [2.05, 4.69) is 31.0 Å². The van der Waals surface area contributed by atoms with Crippen LogP contribution in [0.2, 0.25) is 0 Å². The first-order chi connectivity index (χ1) is 14.4. The molecule has 2 aromatic carbocycles. The van der Waals surface area contributed by atoms with Gasteiger partial charge in [0.25, 0.3) is 5.91 Å². The zero-order valence-electron chi connectivity index (χ0n) is 17.7. The lowest BCUT2D eigenvalue weighted by Crippen LogP contribution is -2.36. The fourth-order valence-electron chi connectivity index (χ4n) is 3.87. The molecule has 0 aromatic heterocycles. The second kappa shape index (κ2) is 10.1. The highest BCUT2D eigenvalue weighted by molar-refractivity contribution is 5.97. The molecule has 30 heavy (non-hydrogen) atoms. The van der Waals surface area contributed by atoms with E-state index in [1.54, 1.807) is 36.4 Å². The lowest BCUT2D eigenvalue weighted by molar-refractivity contribution is -0.0137. The van der Waals surface area contributed by atoms with Gasteiger partial charge in [0.2, 0.25) is 0 Å². The third kappa shape index (κ3) is 5.75. The molecule has 0 spiro atoms. The molecule has 0 radical (unpaired) electrons. The Morgan fingerprint density at radius 3 is 2.43 bits per heavy atom. The summed E-state index contributed by atoms with van der Waals surface area (Å²) in [5.74, 6) is 0.760. The van der Waals surface area contributed by atoms with E-state index in [1.807, 2.05) is 18.2 Å². The second-order valence-corrected chi connectivity index (χ2v) is 8.17. The van der Waals surface area contributed by atoms with Gasteiger partial charge in [0.05, 0.1) is 11.3 Å². The van der Waals surface area contributed by atoms with Crippen LogP contribution in [-0.4, -0.2) is 18.2 Å². The maximum atomic E-state index is 12.5. The number of carbonyl (C=O) groups is 2. The maximum absolute atomic E-state index is 12.5. The average Bonchev–Trinajstić information content (AvgIpc) is 2.73. The van der Waals surface area contributed by atoms with Gasteiger partial charge in [-0.15, -0.1) is 10.2 Å². The number of azo groups is 1. The zero-order chi connectivity index (χ0) is 21.5. The minimum atomic E-state index is -0.792. The van der Waals surface area contributed by atoms with E-state index in [1.165, 1.54) is 0 Å². The number of benzene rings is 2. The predicted octanol–water partition coefficient (Wildman–Crippen LogP) is 6.59. The summed E-state index contributed by atoms with van der Waals surface area (Å²) in [4.78, 5) is 25.0. The number of hydrogen-bond donors (Lipinski definition) is 0. The van der Waals surface area contributed by atoms with Crippen molar-refractivity contribution in [3.05, 3.63) is 60.2 Å². The Morgan fingerprint density at radius 2 is 1.70 bits per heavy atom. The van der Waals surface area contributed by atoms with Gasteiger partial charge in [-0.2, -0.15) is 0 Å². The first-order valence-electron chi connectivity index (χ1n) is 10.4. The van der Waals surface area contributed by atoms with E-state index >= 15 is 0 Å². The summed E-state index contributed by atoms with van der Waals surface area (Å²) >= 11 is 0. The average molecular weight is 408 g/mol. The van der Waals surface area contributed by atoms with Gasteiger partial charge >= 0.3 is 6.16 Å². The fourth-order valence-corrected chi connectivity index (χ4v) is 3.87. The van der Waals surface area contributed by atoms with Crippen LogP contribution in [0.3, 0.4) is 0 Å². The largest absolute Gasteiger partial charge is 0.514 e. The lowest BCUT2D eigenvalue weighted by Gasteiger charge is -2.36. The molecule has 6 nitrogen and oxygen atoms in total. The Morgan fingerprint density at radius 1 is 1.00 bits per heavy atom. The third-order valence-corrected chi connectivity index (χ3v) is 5.53. The van der Waals surface area contributed by atoms with Crippen LogP contribution >= 0.6 is 0 Å². The molecule has 1 aliphatic rings. The van der Waals surface area contributed by atoms with Crippen LogP contribution in [0.5, 0.6) is 5.75 Å². The van der Waals surface area contributed by atoms with Crippen molar-refractivity contribution in [3.63, 3.8) is 0 Å². The van der Waals surface area contributed by atoms with Crippen molar-refractivity contribution in [1.29, 1.82) is 0 Å². The first-order valence-corrected chi connectivity index (χ1v) is 10.4. The summed E-state index contributed by atoms with van der Waals surface area (Å²) in [6.07, 6.45) is 2.03. The van der Waals surface area contributed by atoms with Crippen LogP contribution in [0.1, 0.15) is 50.4 Å². The highest BCUT2D eigenvalue weighted by Gasteiger charge is 2.34. The molecule has 0 heterocycles. The SMILES string of the molecule is CC1CCC(C(C)C)C(OC(=O)Oc2ccccc2C(=O)N=Nc2ccccc2)C1. The minimum absolute atomic E-state index is 0.115. The fraction of sp³-hybridized carbons (Fsp3) is 0.417. The van der Waals surface area contributed by atoms with Gasteiger partial charge in [-0.25, -0.2) is 4.79 Å². The van der Waals surface area contributed by atoms with Crippen LogP contribution in [0, 0.1) is 17.8 Å². The number of carbonyl (C=O) groups excluding carboxylic acids is 2. The van der Waals surface area contributed by atoms with Crippen molar-refractivity contribution in [2.45, 2.75) is 46.1 Å². The van der Waals surface area contributed by atoms with Crippen molar-refractivity contribution in [2.75, 3.05) is 0 Å². The Kier molecular flexibility index (Phi) is 7.33. The molecule has 6 heteroatoms. The van der Waals surface area contributed by atoms with Gasteiger partial charge < -0.3 is 9.47 Å². The van der Waals surface area contributed by atoms with Crippen molar-refractivity contribution in [1.82, 2.24) is 0 Å². The molecule has 1 aliphatic carbocycles. The van der Waals surface area contributed by atoms with Crippen molar-refractivity contribution in [3.8, 4) is 5.75 Å². The molecule has 0 N–H and O–H groups in total. The first kappa shape index (κ1) is 21.7. The molecular weight excluding hydrogens is 380 g/mol. The smallest absolute Gasteiger partial charge is 0.430 e. The number of nitrogens with zero attached hydrogens (tertiary/aromatic N) is 2. The Labute approximate surface area is 177 Å². The molecule has 1 fully saturated rings. The van der Waals surface area contributed by atoms with E-state index in [0.29, 0.717) is 23.4 Å². The number of hydrogen-bond acceptors (Lipinski definition) is 5. The maximum Gasteiger partial charge on any atom is 0.514 e. The number of rotatable bonds is 5. The van der Waals surface area contributed by atoms with E-state index in [0.717, 1.165) is 19.3 Å². The normalized spacial score (nSPS) is 21.5. The van der Waals surface area contributed by atoms with E-state index < -0.39 is 12.1 Å². The van der Waals surface area contributed by atoms with Gasteiger partial charge in [-0.3, -0.25) is 4.79 Å². The molecular formula is C24H28N2O4. The summed E-state index contributed by atoms with van der Waals surface area (Å²) < 4.78 is 11.1. The van der Waals surface area contributed by atoms with Crippen molar-refractivity contribution < 1.29 is 19.1 Å². The molecule has 158 valence electrons. The van der Waals surface area contributed by atoms with Crippen molar-refractivity contribution >= 4 is 17.7 Å². The quantitative estimate of drug-likeness (QED) is 0.318. The summed E-state index contributed by atoms with van der Waals surface area (Å²) in [6.45, 7) is 6.46. The highest BCUT2D eigenvalue weighted by atomic mass is 16.7. The molecule has 3 atom stereocenters. The van der Waals surface area contributed by atoms with Crippen molar-refractivity contribution in [2.24, 2.45) is 28.0 Å². The monoisotopic (exact) mass is 408 g/mol. The van der Waals surface area contributed by atoms with Crippen LogP contribution < -0.4 is 4.74 Å². The van der Waals surface area contributed by atoms with Gasteiger partial charge in [-0.05, 0) is 54.9 Å². The zero-order valence-corrected chi connectivity index (χ0v) is 17.7. The van der Waals surface area contributed by atoms with Crippen LogP contribution in [0.4, 0.5) is 10.5 Å². The van der Waals surface area contributed by atoms with Crippen LogP contribution in [-0.2, 0) is 4.74 Å². The van der Waals surface area contributed by atoms with Crippen LogP contribution in [0.25, 0.3) is 0 Å². The topological polar surface area (TPSA) is 77.3 Å². The molecule has 0 aliphatic heterocycles. The lowest BCUT2D eigenvalue weighted by atomic mass is 9.75. The number of amides is 1. The summed E-state index contributed by atoms with van der Waals surface area (Å²) in [7, 11) is 0. The van der Waals surface area contributed by atoms with Gasteiger partial charge in [0.15, 0.2) is 0 Å². The van der Waals surface area contributed by atoms with E-state index in [9.17, 15) is 9.59 Å². The molecule has 0 bridgehead atoms. The Balaban J connectivity index is 1.68. The van der Waals surface area contributed by atoms with Gasteiger partial charge in [-0.1, -0.05) is 57.5 Å². The highest BCUT2D eigenvalue weighted by Crippen LogP contribution is 2.35. The summed E-state index contributed by atoms with van der Waals surface area (Å²) in [5, 5.41) is 7.69. The van der Waals surface area contributed by atoms with Gasteiger partial charge in [0.1, 0.15) is 11.9 Å². The number of ether oxygens (including phenoxy) is 2. The van der Waals surface area contributed by atoms with Gasteiger partial charge in [0, 0.05) is 0 Å². The third-order valence-electron chi connectivity index (χ3n) is 5.53. The second-order valence-electron chi connectivity index (χ2n) is 8.17. The Bertz CT molecular complexity index is 895. The molecule has 2 aromatic rings. The predicted molar refractivity (Wildman–Crippen MR) is 114 cm³/mol. The molecule has 3 rings (SSSR count). The van der Waals surface area contributed by atoms with E-state index in [4.69, 9.17) is 9.47 Å². The van der Waals surface area contributed by atoms with Crippen LogP contribution in [0.15, 0.2) is 64.8 Å².